The van der Waals surface area contributed by atoms with Crippen LogP contribution >= 0.6 is 12.4 Å². The van der Waals surface area contributed by atoms with Gasteiger partial charge in [0.15, 0.2) is 0 Å². The molecule has 0 aromatic heterocycles. The Morgan fingerprint density at radius 1 is 1.15 bits per heavy atom. The number of nitrogens with zero attached hydrogens (tertiary/aromatic N) is 1. The molecule has 0 radical (unpaired) electrons. The zero-order chi connectivity index (χ0) is 19.0. The minimum atomic E-state index is -3.63. The van der Waals surface area contributed by atoms with Gasteiger partial charge in [0.2, 0.25) is 15.9 Å². The van der Waals surface area contributed by atoms with E-state index in [0.717, 1.165) is 31.2 Å². The number of rotatable bonds is 9. The highest BCUT2D eigenvalue weighted by molar-refractivity contribution is 7.90. The second kappa shape index (κ2) is 11.6. The highest BCUT2D eigenvalue weighted by atomic mass is 35.5. The number of halogens is 1. The molecule has 0 aliphatic heterocycles. The zero-order valence-corrected chi connectivity index (χ0v) is 17.6. The average Bonchev–Trinajstić information content (AvgIpc) is 2.60. The predicted octanol–water partition coefficient (Wildman–Crippen LogP) is 1.94. The molecule has 2 rings (SSSR count). The van der Waals surface area contributed by atoms with Crippen molar-refractivity contribution in [1.29, 1.82) is 0 Å². The van der Waals surface area contributed by atoms with Crippen LogP contribution < -0.4 is 10.5 Å². The number of nitrogens with two attached hydrogens (primary N) is 1. The lowest BCUT2D eigenvalue weighted by atomic mass is 9.88. The quantitative estimate of drug-likeness (QED) is 0.642. The standard InChI is InChI=1S/C19H31N3O3S.ClH/c1-16-7-9-18(10-8-16)21-26(24,25)15-19(23)22(14-12-20)13-11-17-5-3-2-4-6-17;/h2-6,16,18,21H,7-15,20H2,1H3;1H. The van der Waals surface area contributed by atoms with E-state index in [2.05, 4.69) is 11.6 Å². The molecule has 0 heterocycles. The van der Waals surface area contributed by atoms with Crippen molar-refractivity contribution >= 4 is 28.3 Å². The van der Waals surface area contributed by atoms with E-state index in [4.69, 9.17) is 5.73 Å². The van der Waals surface area contributed by atoms with Crippen molar-refractivity contribution in [3.63, 3.8) is 0 Å². The number of carbonyl (C=O) groups is 1. The maximum absolute atomic E-state index is 12.5. The molecule has 0 bridgehead atoms. The summed E-state index contributed by atoms with van der Waals surface area (Å²) >= 11 is 0. The topological polar surface area (TPSA) is 92.5 Å². The van der Waals surface area contributed by atoms with Crippen LogP contribution in [0, 0.1) is 5.92 Å². The fourth-order valence-corrected chi connectivity index (χ4v) is 4.69. The lowest BCUT2D eigenvalue weighted by Crippen LogP contribution is -2.45. The Morgan fingerprint density at radius 2 is 1.78 bits per heavy atom. The molecule has 27 heavy (non-hydrogen) atoms. The molecule has 0 unspecified atom stereocenters. The molecule has 3 N–H and O–H groups in total. The van der Waals surface area contributed by atoms with Crippen LogP contribution in [0.2, 0.25) is 0 Å². The summed E-state index contributed by atoms with van der Waals surface area (Å²) in [7, 11) is -3.63. The fourth-order valence-electron chi connectivity index (χ4n) is 3.35. The molecule has 0 atom stereocenters. The average molecular weight is 418 g/mol. The Balaban J connectivity index is 0.00000364. The maximum Gasteiger partial charge on any atom is 0.239 e. The number of amides is 1. The Kier molecular flexibility index (Phi) is 10.3. The van der Waals surface area contributed by atoms with Gasteiger partial charge in [0.1, 0.15) is 5.75 Å². The molecule has 154 valence electrons. The minimum Gasteiger partial charge on any atom is -0.340 e. The van der Waals surface area contributed by atoms with Crippen LogP contribution in [0.5, 0.6) is 0 Å². The van der Waals surface area contributed by atoms with Gasteiger partial charge in [0.25, 0.3) is 0 Å². The molecular weight excluding hydrogens is 386 g/mol. The van der Waals surface area contributed by atoms with Crippen molar-refractivity contribution < 1.29 is 13.2 Å². The van der Waals surface area contributed by atoms with Crippen LogP contribution in [0.1, 0.15) is 38.2 Å². The van der Waals surface area contributed by atoms with Crippen molar-refractivity contribution in [2.45, 2.75) is 45.1 Å². The van der Waals surface area contributed by atoms with Crippen LogP contribution in [-0.4, -0.2) is 50.7 Å². The first kappa shape index (κ1) is 23.9. The number of carbonyl (C=O) groups excluding carboxylic acids is 1. The van der Waals surface area contributed by atoms with E-state index in [1.165, 1.54) is 0 Å². The minimum absolute atomic E-state index is 0. The first-order chi connectivity index (χ1) is 12.4. The number of benzene rings is 1. The molecule has 1 aromatic rings. The van der Waals surface area contributed by atoms with Crippen molar-refractivity contribution in [1.82, 2.24) is 9.62 Å². The normalized spacial score (nSPS) is 19.9. The smallest absolute Gasteiger partial charge is 0.239 e. The monoisotopic (exact) mass is 417 g/mol. The van der Waals surface area contributed by atoms with Crippen molar-refractivity contribution in [3.8, 4) is 0 Å². The molecular formula is C19H32ClN3O3S. The van der Waals surface area contributed by atoms with Crippen LogP contribution in [0.25, 0.3) is 0 Å². The molecule has 1 saturated carbocycles. The van der Waals surface area contributed by atoms with Crippen LogP contribution in [0.15, 0.2) is 30.3 Å². The second-order valence-corrected chi connectivity index (χ2v) is 8.99. The summed E-state index contributed by atoms with van der Waals surface area (Å²) in [6.45, 7) is 3.33. The Bertz CT molecular complexity index is 662. The van der Waals surface area contributed by atoms with Crippen molar-refractivity contribution in [2.24, 2.45) is 11.7 Å². The summed E-state index contributed by atoms with van der Waals surface area (Å²) in [5.74, 6) is -0.244. The van der Waals surface area contributed by atoms with Gasteiger partial charge in [-0.3, -0.25) is 4.79 Å². The van der Waals surface area contributed by atoms with Crippen LogP contribution in [-0.2, 0) is 21.2 Å². The van der Waals surface area contributed by atoms with Crippen LogP contribution in [0.4, 0.5) is 0 Å². The molecule has 8 heteroatoms. The number of hydrogen-bond acceptors (Lipinski definition) is 4. The predicted molar refractivity (Wildman–Crippen MR) is 111 cm³/mol. The molecule has 6 nitrogen and oxygen atoms in total. The summed E-state index contributed by atoms with van der Waals surface area (Å²) in [4.78, 5) is 14.1. The van der Waals surface area contributed by atoms with E-state index in [1.54, 1.807) is 4.90 Å². The SMILES string of the molecule is CC1CCC(NS(=O)(=O)CC(=O)N(CCN)CCc2ccccc2)CC1.Cl. The highest BCUT2D eigenvalue weighted by Gasteiger charge is 2.26. The van der Waals surface area contributed by atoms with E-state index >= 15 is 0 Å². The molecule has 1 aliphatic rings. The van der Waals surface area contributed by atoms with E-state index in [0.29, 0.717) is 32.0 Å². The molecule has 1 fully saturated rings. The van der Waals surface area contributed by atoms with E-state index in [-0.39, 0.29) is 24.4 Å². The zero-order valence-electron chi connectivity index (χ0n) is 16.0. The third kappa shape index (κ3) is 8.60. The van der Waals surface area contributed by atoms with Crippen LogP contribution in [0.3, 0.4) is 0 Å². The number of nitrogens with one attached hydrogen (secondary N) is 1. The number of sulfonamides is 1. The summed E-state index contributed by atoms with van der Waals surface area (Å²) in [5.41, 5.74) is 6.71. The molecule has 0 spiro atoms. The Labute approximate surface area is 169 Å². The van der Waals surface area contributed by atoms with Gasteiger partial charge in [0, 0.05) is 25.7 Å². The maximum atomic E-state index is 12.5. The van der Waals surface area contributed by atoms with Gasteiger partial charge in [-0.1, -0.05) is 37.3 Å². The van der Waals surface area contributed by atoms with Gasteiger partial charge in [-0.2, -0.15) is 0 Å². The second-order valence-electron chi connectivity index (χ2n) is 7.24. The Hall–Kier alpha value is -1.15. The van der Waals surface area contributed by atoms with Crippen molar-refractivity contribution in [3.05, 3.63) is 35.9 Å². The van der Waals surface area contributed by atoms with Gasteiger partial charge in [0.05, 0.1) is 0 Å². The summed E-state index contributed by atoms with van der Waals surface area (Å²) in [6.07, 6.45) is 4.42. The van der Waals surface area contributed by atoms with Gasteiger partial charge in [-0.05, 0) is 43.6 Å². The third-order valence-electron chi connectivity index (χ3n) is 4.94. The first-order valence-electron chi connectivity index (χ1n) is 9.41. The summed E-state index contributed by atoms with van der Waals surface area (Å²) < 4.78 is 27.5. The van der Waals surface area contributed by atoms with Gasteiger partial charge < -0.3 is 10.6 Å². The summed E-state index contributed by atoms with van der Waals surface area (Å²) in [6, 6.07) is 9.78. The lowest BCUT2D eigenvalue weighted by molar-refractivity contribution is -0.128. The largest absolute Gasteiger partial charge is 0.340 e. The van der Waals surface area contributed by atoms with E-state index in [9.17, 15) is 13.2 Å². The summed E-state index contributed by atoms with van der Waals surface area (Å²) in [5, 5.41) is 0. The molecule has 1 aromatic carbocycles. The van der Waals surface area contributed by atoms with Gasteiger partial charge in [-0.25, -0.2) is 13.1 Å². The first-order valence-corrected chi connectivity index (χ1v) is 11.1. The highest BCUT2D eigenvalue weighted by Crippen LogP contribution is 2.23. The van der Waals surface area contributed by atoms with Gasteiger partial charge >= 0.3 is 0 Å². The van der Waals surface area contributed by atoms with E-state index < -0.39 is 15.8 Å². The third-order valence-corrected chi connectivity index (χ3v) is 6.26. The Morgan fingerprint density at radius 3 is 2.37 bits per heavy atom. The molecule has 0 saturated heterocycles. The molecule has 1 aliphatic carbocycles. The fraction of sp³-hybridized carbons (Fsp3) is 0.632. The molecule has 1 amide bonds. The van der Waals surface area contributed by atoms with E-state index in [1.807, 2.05) is 30.3 Å². The lowest BCUT2D eigenvalue weighted by Gasteiger charge is -2.27. The van der Waals surface area contributed by atoms with Crippen molar-refractivity contribution in [2.75, 3.05) is 25.4 Å². The number of hydrogen-bond donors (Lipinski definition) is 2. The van der Waals surface area contributed by atoms with Gasteiger partial charge in [-0.15, -0.1) is 12.4 Å².